The molecule has 1 unspecified atom stereocenters. The van der Waals surface area contributed by atoms with Crippen molar-refractivity contribution in [3.63, 3.8) is 0 Å². The summed E-state index contributed by atoms with van der Waals surface area (Å²) in [6, 6.07) is 11.8. The molecule has 2 aromatic carbocycles. The van der Waals surface area contributed by atoms with Crippen LogP contribution in [0.3, 0.4) is 0 Å². The molecule has 6 heteroatoms. The van der Waals surface area contributed by atoms with Crippen molar-refractivity contribution in [1.29, 1.82) is 0 Å². The number of hydrogen-bond acceptors (Lipinski definition) is 3. The van der Waals surface area contributed by atoms with Gasteiger partial charge in [-0.2, -0.15) is 0 Å². The zero-order valence-corrected chi connectivity index (χ0v) is 13.3. The summed E-state index contributed by atoms with van der Waals surface area (Å²) in [5.74, 6) is 0.0532. The summed E-state index contributed by atoms with van der Waals surface area (Å²) in [6.45, 7) is 0.490. The standard InChI is InChI=1S/C15H12BrClFN3/c16-9-4-5-12(13(17)6-9)14-8-20-15(19)21(14)11-3-1-2-10(18)7-11/h1-7,14H,8H2,(H2,19,20). The van der Waals surface area contributed by atoms with Gasteiger partial charge in [0.05, 0.1) is 12.6 Å². The lowest BCUT2D eigenvalue weighted by Crippen LogP contribution is -2.36. The summed E-state index contributed by atoms with van der Waals surface area (Å²) < 4.78 is 14.4. The fourth-order valence-corrected chi connectivity index (χ4v) is 3.24. The monoisotopic (exact) mass is 367 g/mol. The molecule has 21 heavy (non-hydrogen) atoms. The van der Waals surface area contributed by atoms with Crippen molar-refractivity contribution in [2.75, 3.05) is 11.4 Å². The Morgan fingerprint density at radius 3 is 2.81 bits per heavy atom. The summed E-state index contributed by atoms with van der Waals surface area (Å²) in [5.41, 5.74) is 7.54. The van der Waals surface area contributed by atoms with E-state index in [4.69, 9.17) is 17.3 Å². The van der Waals surface area contributed by atoms with E-state index in [1.807, 2.05) is 18.2 Å². The number of anilines is 1. The van der Waals surface area contributed by atoms with E-state index >= 15 is 0 Å². The SMILES string of the molecule is NC1=NCC(c2ccc(Br)cc2Cl)N1c1cccc(F)c1. The van der Waals surface area contributed by atoms with Crippen LogP contribution in [-0.4, -0.2) is 12.5 Å². The van der Waals surface area contributed by atoms with Crippen molar-refractivity contribution >= 4 is 39.2 Å². The van der Waals surface area contributed by atoms with Gasteiger partial charge in [0.15, 0.2) is 5.96 Å². The van der Waals surface area contributed by atoms with Gasteiger partial charge in [-0.25, -0.2) is 4.39 Å². The van der Waals surface area contributed by atoms with Gasteiger partial charge in [-0.3, -0.25) is 4.99 Å². The summed E-state index contributed by atoms with van der Waals surface area (Å²) in [7, 11) is 0. The lowest BCUT2D eigenvalue weighted by molar-refractivity contribution is 0.626. The van der Waals surface area contributed by atoms with Crippen LogP contribution in [0.25, 0.3) is 0 Å². The molecular formula is C15H12BrClFN3. The molecule has 3 nitrogen and oxygen atoms in total. The molecule has 1 heterocycles. The normalized spacial score (nSPS) is 18.0. The Morgan fingerprint density at radius 1 is 1.29 bits per heavy atom. The first-order valence-corrected chi connectivity index (χ1v) is 7.53. The molecular weight excluding hydrogens is 357 g/mol. The highest BCUT2D eigenvalue weighted by Crippen LogP contribution is 2.35. The maximum absolute atomic E-state index is 13.5. The minimum absolute atomic E-state index is 0.132. The zero-order chi connectivity index (χ0) is 15.0. The molecule has 0 aliphatic carbocycles. The molecule has 1 aliphatic heterocycles. The third-order valence-electron chi connectivity index (χ3n) is 3.39. The molecule has 108 valence electrons. The van der Waals surface area contributed by atoms with E-state index in [1.165, 1.54) is 12.1 Å². The van der Waals surface area contributed by atoms with Gasteiger partial charge >= 0.3 is 0 Å². The first-order valence-electron chi connectivity index (χ1n) is 6.36. The lowest BCUT2D eigenvalue weighted by atomic mass is 10.1. The number of nitrogens with zero attached hydrogens (tertiary/aromatic N) is 2. The summed E-state index contributed by atoms with van der Waals surface area (Å²) in [4.78, 5) is 6.08. The average Bonchev–Trinajstić information content (AvgIpc) is 2.80. The van der Waals surface area contributed by atoms with E-state index in [0.29, 0.717) is 23.2 Å². The Hall–Kier alpha value is -1.59. The van der Waals surface area contributed by atoms with Crippen molar-refractivity contribution in [1.82, 2.24) is 0 Å². The second-order valence-corrected chi connectivity index (χ2v) is 6.05. The number of hydrogen-bond donors (Lipinski definition) is 1. The van der Waals surface area contributed by atoms with Crippen LogP contribution in [0.4, 0.5) is 10.1 Å². The second-order valence-electron chi connectivity index (χ2n) is 4.73. The number of rotatable bonds is 2. The molecule has 2 N–H and O–H groups in total. The van der Waals surface area contributed by atoms with Crippen molar-refractivity contribution in [2.45, 2.75) is 6.04 Å². The molecule has 3 rings (SSSR count). The lowest BCUT2D eigenvalue weighted by Gasteiger charge is -2.27. The minimum atomic E-state index is -0.312. The predicted octanol–water partition coefficient (Wildman–Crippen LogP) is 4.12. The summed E-state index contributed by atoms with van der Waals surface area (Å²) >= 11 is 9.70. The number of aliphatic imine (C=N–C) groups is 1. The maximum atomic E-state index is 13.5. The van der Waals surface area contributed by atoms with E-state index in [1.54, 1.807) is 17.0 Å². The summed E-state index contributed by atoms with van der Waals surface area (Å²) in [5, 5.41) is 0.626. The van der Waals surface area contributed by atoms with Crippen molar-refractivity contribution in [3.8, 4) is 0 Å². The molecule has 1 atom stereocenters. The summed E-state index contributed by atoms with van der Waals surface area (Å²) in [6.07, 6.45) is 0. The van der Waals surface area contributed by atoms with Crippen LogP contribution in [0.15, 0.2) is 51.9 Å². The van der Waals surface area contributed by atoms with Crippen molar-refractivity contribution in [2.24, 2.45) is 10.7 Å². The third-order valence-corrected chi connectivity index (χ3v) is 4.21. The van der Waals surface area contributed by atoms with Gasteiger partial charge in [-0.1, -0.05) is 39.7 Å². The molecule has 2 aromatic rings. The third kappa shape index (κ3) is 2.76. The second kappa shape index (κ2) is 5.66. The van der Waals surface area contributed by atoms with Crippen molar-refractivity contribution < 1.29 is 4.39 Å². The average molecular weight is 369 g/mol. The smallest absolute Gasteiger partial charge is 0.196 e. The molecule has 0 radical (unpaired) electrons. The number of guanidine groups is 1. The molecule has 0 bridgehead atoms. The Kier molecular flexibility index (Phi) is 3.87. The Labute approximate surface area is 135 Å². The fraction of sp³-hybridized carbons (Fsp3) is 0.133. The predicted molar refractivity (Wildman–Crippen MR) is 87.3 cm³/mol. The first kappa shape index (κ1) is 14.4. The fourth-order valence-electron chi connectivity index (χ4n) is 2.44. The van der Waals surface area contributed by atoms with E-state index in [2.05, 4.69) is 20.9 Å². The molecule has 0 saturated heterocycles. The maximum Gasteiger partial charge on any atom is 0.196 e. The molecule has 0 amide bonds. The van der Waals surface area contributed by atoms with Crippen LogP contribution < -0.4 is 10.6 Å². The van der Waals surface area contributed by atoms with E-state index in [0.717, 1.165) is 10.0 Å². The van der Waals surface area contributed by atoms with Gasteiger partial charge < -0.3 is 10.6 Å². The minimum Gasteiger partial charge on any atom is -0.369 e. The Balaban J connectivity index is 2.03. The van der Waals surface area contributed by atoms with Gasteiger partial charge in [0, 0.05) is 15.2 Å². The van der Waals surface area contributed by atoms with Crippen molar-refractivity contribution in [3.05, 3.63) is 63.3 Å². The quantitative estimate of drug-likeness (QED) is 0.866. The van der Waals surface area contributed by atoms with Gasteiger partial charge in [-0.15, -0.1) is 0 Å². The molecule has 0 fully saturated rings. The van der Waals surface area contributed by atoms with Crippen LogP contribution in [0.2, 0.25) is 5.02 Å². The van der Waals surface area contributed by atoms with E-state index < -0.39 is 0 Å². The van der Waals surface area contributed by atoms with E-state index in [-0.39, 0.29) is 11.9 Å². The highest BCUT2D eigenvalue weighted by atomic mass is 79.9. The Bertz CT molecular complexity index is 720. The largest absolute Gasteiger partial charge is 0.369 e. The number of halogens is 3. The number of benzene rings is 2. The van der Waals surface area contributed by atoms with Gasteiger partial charge in [0.2, 0.25) is 0 Å². The van der Waals surface area contributed by atoms with Crippen LogP contribution in [0.5, 0.6) is 0 Å². The highest BCUT2D eigenvalue weighted by Gasteiger charge is 2.30. The van der Waals surface area contributed by atoms with Gasteiger partial charge in [-0.05, 0) is 35.9 Å². The van der Waals surface area contributed by atoms with Gasteiger partial charge in [0.25, 0.3) is 0 Å². The molecule has 1 aliphatic rings. The first-order chi connectivity index (χ1) is 10.1. The van der Waals surface area contributed by atoms with E-state index in [9.17, 15) is 4.39 Å². The molecule has 0 aromatic heterocycles. The molecule has 0 saturated carbocycles. The topological polar surface area (TPSA) is 41.6 Å². The van der Waals surface area contributed by atoms with Crippen LogP contribution in [0, 0.1) is 5.82 Å². The zero-order valence-electron chi connectivity index (χ0n) is 10.9. The number of nitrogens with two attached hydrogens (primary N) is 1. The van der Waals surface area contributed by atoms with Crippen LogP contribution in [0.1, 0.15) is 11.6 Å². The molecule has 0 spiro atoms. The Morgan fingerprint density at radius 2 is 2.10 bits per heavy atom. The van der Waals surface area contributed by atoms with Crippen LogP contribution in [-0.2, 0) is 0 Å². The van der Waals surface area contributed by atoms with Gasteiger partial charge in [0.1, 0.15) is 5.82 Å². The van der Waals surface area contributed by atoms with Crippen LogP contribution >= 0.6 is 27.5 Å². The highest BCUT2D eigenvalue weighted by molar-refractivity contribution is 9.10.